The number of carbonyl (C=O) groups excluding carboxylic acids is 1. The van der Waals surface area contributed by atoms with Crippen molar-refractivity contribution < 1.29 is 45.6 Å². The summed E-state index contributed by atoms with van der Waals surface area (Å²) < 4.78 is 33.6. The molecule has 0 aromatic heterocycles. The maximum Gasteiger partial charge on any atom is 0 e. The number of methoxy groups -OCH3 is 2. The Morgan fingerprint density at radius 2 is 1.55 bits per heavy atom. The van der Waals surface area contributed by atoms with E-state index >= 15 is 0 Å². The molecule has 0 unspecified atom stereocenters. The number of halogens is 1. The second-order valence-electron chi connectivity index (χ2n) is 7.68. The van der Waals surface area contributed by atoms with Gasteiger partial charge in [-0.25, -0.2) is 0 Å². The maximum atomic E-state index is 12.2. The molecule has 0 aliphatic carbocycles. The van der Waals surface area contributed by atoms with Crippen LogP contribution in [0.1, 0.15) is 30.9 Å². The Morgan fingerprint density at radius 3 is 2.00 bits per heavy atom. The van der Waals surface area contributed by atoms with Crippen LogP contribution in [0.15, 0.2) is 24.4 Å². The molecule has 1 aliphatic heterocycles. The number of alkyl halides is 1. The van der Waals surface area contributed by atoms with Gasteiger partial charge in [0.05, 0.1) is 28.3 Å². The Hall–Kier alpha value is -1.52. The van der Waals surface area contributed by atoms with Gasteiger partial charge in [-0.05, 0) is 36.6 Å². The SMILES string of the molecule is COc1cc([C@@H]2CC(=O)C=CN2CCCCBr)c([Si](C)(C)C)cc1OC.[C-]#[O+].[C-]#[O+].[C-]#[O+].[Cr]. The molecule has 0 spiro atoms. The number of benzene rings is 1. The quantitative estimate of drug-likeness (QED) is 0.153. The van der Waals surface area contributed by atoms with E-state index in [1.807, 2.05) is 6.20 Å². The van der Waals surface area contributed by atoms with Crippen molar-refractivity contribution in [2.75, 3.05) is 26.1 Å². The molecule has 1 atom stereocenters. The van der Waals surface area contributed by atoms with Crippen LogP contribution < -0.4 is 14.7 Å². The van der Waals surface area contributed by atoms with Gasteiger partial charge in [0, 0.05) is 41.9 Å². The van der Waals surface area contributed by atoms with E-state index in [1.165, 1.54) is 10.8 Å². The van der Waals surface area contributed by atoms with Crippen LogP contribution in [0.25, 0.3) is 0 Å². The molecule has 7 nitrogen and oxygen atoms in total. The van der Waals surface area contributed by atoms with E-state index in [4.69, 9.17) is 23.4 Å². The number of ether oxygens (including phenoxy) is 2. The summed E-state index contributed by atoms with van der Waals surface area (Å²) >= 11 is 3.50. The second kappa shape index (κ2) is 19.9. The number of allylic oxidation sites excluding steroid dienone is 1. The summed E-state index contributed by atoms with van der Waals surface area (Å²) in [4.78, 5) is 14.5. The molecule has 33 heavy (non-hydrogen) atoms. The molecule has 0 radical (unpaired) electrons. The number of nitrogens with zero attached hydrogens (tertiary/aromatic N) is 1. The van der Waals surface area contributed by atoms with Crippen LogP contribution in [0.5, 0.6) is 11.5 Å². The van der Waals surface area contributed by atoms with Gasteiger partial charge in [0.15, 0.2) is 17.3 Å². The van der Waals surface area contributed by atoms with E-state index < -0.39 is 8.07 Å². The molecule has 180 valence electrons. The van der Waals surface area contributed by atoms with Gasteiger partial charge < -0.3 is 14.4 Å². The summed E-state index contributed by atoms with van der Waals surface area (Å²) in [7, 11) is 1.69. The van der Waals surface area contributed by atoms with Crippen LogP contribution in [-0.4, -0.2) is 44.9 Å². The molecule has 0 N–H and O–H groups in total. The number of unbranched alkanes of at least 4 members (excludes halogenated alkanes) is 1. The average Bonchev–Trinajstić information content (AvgIpc) is 2.82. The van der Waals surface area contributed by atoms with Gasteiger partial charge >= 0.3 is 33.9 Å². The molecule has 1 heterocycles. The molecule has 0 bridgehead atoms. The number of ketones is 1. The van der Waals surface area contributed by atoms with Crippen molar-refractivity contribution in [3.05, 3.63) is 49.9 Å². The third kappa shape index (κ3) is 11.4. The molecule has 1 aliphatic rings. The van der Waals surface area contributed by atoms with Gasteiger partial charge in [0.1, 0.15) is 0 Å². The van der Waals surface area contributed by atoms with Crippen LogP contribution in [0, 0.1) is 20.0 Å². The van der Waals surface area contributed by atoms with Crippen LogP contribution in [0.2, 0.25) is 19.6 Å². The monoisotopic (exact) mass is 575 g/mol. The average molecular weight is 576 g/mol. The molecule has 0 saturated carbocycles. The zero-order valence-corrected chi connectivity index (χ0v) is 23.5. The van der Waals surface area contributed by atoms with E-state index in [1.54, 1.807) is 20.3 Å². The summed E-state index contributed by atoms with van der Waals surface area (Å²) in [6.45, 7) is 21.4. The van der Waals surface area contributed by atoms with Gasteiger partial charge in [0.25, 0.3) is 0 Å². The summed E-state index contributed by atoms with van der Waals surface area (Å²) in [5.74, 6) is 1.67. The van der Waals surface area contributed by atoms with E-state index in [2.05, 4.69) is 72.6 Å². The van der Waals surface area contributed by atoms with Crippen LogP contribution in [0.4, 0.5) is 0 Å². The molecular weight excluding hydrogens is 546 g/mol. The van der Waals surface area contributed by atoms with Crippen molar-refractivity contribution in [3.8, 4) is 11.5 Å². The van der Waals surface area contributed by atoms with Gasteiger partial charge in [0.2, 0.25) is 0 Å². The third-order valence-electron chi connectivity index (χ3n) is 4.77. The largest absolute Gasteiger partial charge is 0 e. The Balaban J connectivity index is -0.00000119. The number of carbonyl (C=O) groups is 1. The molecule has 10 heteroatoms. The first-order valence-corrected chi connectivity index (χ1v) is 14.3. The molecule has 2 rings (SSSR count). The van der Waals surface area contributed by atoms with Crippen LogP contribution in [0.3, 0.4) is 0 Å². The van der Waals surface area contributed by atoms with E-state index in [0.29, 0.717) is 6.42 Å². The van der Waals surface area contributed by atoms with Crippen molar-refractivity contribution in [3.63, 3.8) is 0 Å². The van der Waals surface area contributed by atoms with Gasteiger partial charge in [-0.2, -0.15) is 0 Å². The van der Waals surface area contributed by atoms with Crippen molar-refractivity contribution in [2.45, 2.75) is 44.9 Å². The Kier molecular flexibility index (Phi) is 21.7. The Bertz CT molecular complexity index is 790. The van der Waals surface area contributed by atoms with Crippen molar-refractivity contribution in [1.29, 1.82) is 0 Å². The standard InChI is InChI=1S/C20H30BrNO3Si.3CO.Cr/c1-24-18-13-16(20(26(3,4)5)14-19(18)25-2)17-12-15(23)8-11-22(17)10-7-6-9-21;3*1-2;/h8,11,13-14,17H,6-7,9-10,12H2,1-5H3;;;;/t17-;;;;/m0..../s1. The Labute approximate surface area is 217 Å². The summed E-state index contributed by atoms with van der Waals surface area (Å²) in [5.41, 5.74) is 1.21. The predicted molar refractivity (Wildman–Crippen MR) is 126 cm³/mol. The fourth-order valence-corrected chi connectivity index (χ4v) is 5.45. The summed E-state index contributed by atoms with van der Waals surface area (Å²) in [6, 6.07) is 4.27. The van der Waals surface area contributed by atoms with Crippen LogP contribution in [-0.2, 0) is 36.1 Å². The fourth-order valence-electron chi connectivity index (χ4n) is 3.39. The second-order valence-corrected chi connectivity index (χ2v) is 13.5. The smallest absolute Gasteiger partial charge is 0 e. The molecule has 1 aromatic carbocycles. The first kappa shape index (κ1) is 36.1. The van der Waals surface area contributed by atoms with Gasteiger partial charge in [-0.1, -0.05) is 40.8 Å². The normalized spacial score (nSPS) is 14.0. The fraction of sp³-hybridized carbons (Fsp3) is 0.478. The minimum atomic E-state index is -1.64. The molecule has 0 amide bonds. The van der Waals surface area contributed by atoms with Crippen molar-refractivity contribution in [2.24, 2.45) is 0 Å². The first-order valence-electron chi connectivity index (χ1n) is 9.72. The predicted octanol–water partition coefficient (Wildman–Crippen LogP) is 4.14. The number of hydrogen-bond donors (Lipinski definition) is 0. The minimum Gasteiger partial charge on any atom is 0 e. The zero-order valence-electron chi connectivity index (χ0n) is 19.6. The molecule has 0 saturated heterocycles. The van der Waals surface area contributed by atoms with E-state index in [9.17, 15) is 4.79 Å². The van der Waals surface area contributed by atoms with Crippen molar-refractivity contribution in [1.82, 2.24) is 4.90 Å². The molecular formula is C23H30BrCrNO6Si. The molecule has 0 fully saturated rings. The summed E-state index contributed by atoms with van der Waals surface area (Å²) in [6.07, 6.45) is 6.40. The van der Waals surface area contributed by atoms with Crippen molar-refractivity contribution >= 4 is 35.0 Å². The van der Waals surface area contributed by atoms with Crippen LogP contribution >= 0.6 is 15.9 Å². The minimum absolute atomic E-state index is 0. The number of hydrogen-bond acceptors (Lipinski definition) is 4. The molecule has 1 aromatic rings. The third-order valence-corrected chi connectivity index (χ3v) is 7.38. The van der Waals surface area contributed by atoms with Gasteiger partial charge in [-0.3, -0.25) is 4.79 Å². The van der Waals surface area contributed by atoms with Gasteiger partial charge in [-0.15, -0.1) is 0 Å². The topological polar surface area (TPSA) is 98.5 Å². The summed E-state index contributed by atoms with van der Waals surface area (Å²) in [5, 5.41) is 2.33. The maximum absolute atomic E-state index is 12.2. The van der Waals surface area contributed by atoms with E-state index in [-0.39, 0.29) is 29.2 Å². The number of rotatable bonds is 8. The zero-order chi connectivity index (χ0) is 25.3. The first-order chi connectivity index (χ1) is 15.3. The Morgan fingerprint density at radius 1 is 1.03 bits per heavy atom. The van der Waals surface area contributed by atoms with E-state index in [0.717, 1.165) is 36.2 Å².